The summed E-state index contributed by atoms with van der Waals surface area (Å²) in [5.74, 6) is -3.37. The third-order valence-corrected chi connectivity index (χ3v) is 3.36. The number of furan rings is 1. The van der Waals surface area contributed by atoms with E-state index in [4.69, 9.17) is 4.42 Å². The van der Waals surface area contributed by atoms with E-state index in [1.165, 1.54) is 25.4 Å². The van der Waals surface area contributed by atoms with E-state index in [1.54, 1.807) is 0 Å². The van der Waals surface area contributed by atoms with E-state index < -0.39 is 23.3 Å². The van der Waals surface area contributed by atoms with Crippen LogP contribution in [0.25, 0.3) is 0 Å². The molecule has 7 heteroatoms. The van der Waals surface area contributed by atoms with Crippen LogP contribution in [-0.4, -0.2) is 35.4 Å². The van der Waals surface area contributed by atoms with Crippen molar-refractivity contribution in [3.8, 4) is 0 Å². The van der Waals surface area contributed by atoms with Crippen LogP contribution in [0.15, 0.2) is 22.9 Å². The lowest BCUT2D eigenvalue weighted by atomic mass is 9.87. The van der Waals surface area contributed by atoms with E-state index in [0.29, 0.717) is 0 Å². The van der Waals surface area contributed by atoms with E-state index in [9.17, 15) is 19.2 Å². The van der Waals surface area contributed by atoms with Gasteiger partial charge in [0.1, 0.15) is 5.56 Å². The number of carbonyl (C=O) groups is 4. The van der Waals surface area contributed by atoms with Crippen molar-refractivity contribution in [2.24, 2.45) is 0 Å². The molecule has 1 aliphatic rings. The highest BCUT2D eigenvalue weighted by molar-refractivity contribution is 6.30. The van der Waals surface area contributed by atoms with Gasteiger partial charge in [-0.15, -0.1) is 0 Å². The summed E-state index contributed by atoms with van der Waals surface area (Å²) in [5, 5.41) is 0. The summed E-state index contributed by atoms with van der Waals surface area (Å²) in [6, 6.07) is 1.38. The normalized spacial score (nSPS) is 12.6. The maximum absolute atomic E-state index is 12.6. The lowest BCUT2D eigenvalue weighted by Crippen LogP contribution is -2.22. The number of methoxy groups -OCH3 is 1. The SMILES string of the molecule is COC(=O)c1c(C(C)=O)oc2c1C(=O)c1cnccc1C2=O. The van der Waals surface area contributed by atoms with Crippen molar-refractivity contribution >= 4 is 23.3 Å². The molecular weight excluding hydrogens is 290 g/mol. The zero-order valence-corrected chi connectivity index (χ0v) is 11.6. The molecular formula is C15H9NO6. The number of pyridine rings is 1. The van der Waals surface area contributed by atoms with Crippen molar-refractivity contribution in [2.75, 3.05) is 7.11 Å². The molecule has 2 aromatic heterocycles. The first-order chi connectivity index (χ1) is 10.5. The third kappa shape index (κ3) is 1.72. The smallest absolute Gasteiger partial charge is 0.342 e. The number of esters is 1. The van der Waals surface area contributed by atoms with Gasteiger partial charge < -0.3 is 9.15 Å². The standard InChI is InChI=1S/C15H9NO6/c1-6(17)13-10(15(20)21-2)9-11(18)8-5-16-4-3-7(8)12(19)14(9)22-13/h3-5H,1-2H3. The Labute approximate surface area is 123 Å². The van der Waals surface area contributed by atoms with Crippen molar-refractivity contribution in [1.82, 2.24) is 4.98 Å². The van der Waals surface area contributed by atoms with Gasteiger partial charge in [-0.2, -0.15) is 0 Å². The molecule has 7 nitrogen and oxygen atoms in total. The van der Waals surface area contributed by atoms with Gasteiger partial charge in [-0.1, -0.05) is 0 Å². The molecule has 0 radical (unpaired) electrons. The first-order valence-corrected chi connectivity index (χ1v) is 6.26. The van der Waals surface area contributed by atoms with Crippen LogP contribution < -0.4 is 0 Å². The molecule has 0 aliphatic heterocycles. The van der Waals surface area contributed by atoms with Crippen molar-refractivity contribution < 1.29 is 28.3 Å². The van der Waals surface area contributed by atoms with Crippen LogP contribution in [0.2, 0.25) is 0 Å². The molecule has 2 aromatic rings. The monoisotopic (exact) mass is 299 g/mol. The maximum atomic E-state index is 12.6. The Kier molecular flexibility index (Phi) is 2.98. The van der Waals surface area contributed by atoms with Crippen molar-refractivity contribution in [2.45, 2.75) is 6.92 Å². The summed E-state index contributed by atoms with van der Waals surface area (Å²) in [6.07, 6.45) is 2.60. The zero-order chi connectivity index (χ0) is 16.0. The molecule has 0 saturated heterocycles. The quantitative estimate of drug-likeness (QED) is 0.521. The number of hydrogen-bond acceptors (Lipinski definition) is 7. The van der Waals surface area contributed by atoms with Gasteiger partial charge in [0.2, 0.25) is 5.78 Å². The first kappa shape index (κ1) is 13.9. The van der Waals surface area contributed by atoms with Gasteiger partial charge in [0.25, 0.3) is 0 Å². The van der Waals surface area contributed by atoms with Crippen LogP contribution in [0, 0.1) is 0 Å². The number of aromatic nitrogens is 1. The van der Waals surface area contributed by atoms with Crippen LogP contribution in [0.1, 0.15) is 59.9 Å². The van der Waals surface area contributed by atoms with Gasteiger partial charge in [-0.05, 0) is 6.07 Å². The fourth-order valence-corrected chi connectivity index (χ4v) is 2.38. The Hall–Kier alpha value is -3.09. The Bertz CT molecular complexity index is 861. The predicted octanol–water partition coefficient (Wildman–Crippen LogP) is 1.44. The Balaban J connectivity index is 2.36. The molecule has 0 bridgehead atoms. The van der Waals surface area contributed by atoms with Gasteiger partial charge in [0.05, 0.1) is 18.2 Å². The first-order valence-electron chi connectivity index (χ1n) is 6.26. The van der Waals surface area contributed by atoms with E-state index in [0.717, 1.165) is 7.11 Å². The molecule has 2 heterocycles. The van der Waals surface area contributed by atoms with Crippen molar-refractivity contribution in [3.63, 3.8) is 0 Å². The highest BCUT2D eigenvalue weighted by Crippen LogP contribution is 2.33. The van der Waals surface area contributed by atoms with Crippen molar-refractivity contribution in [1.29, 1.82) is 0 Å². The van der Waals surface area contributed by atoms with Gasteiger partial charge in [0, 0.05) is 24.9 Å². The molecule has 0 aromatic carbocycles. The molecule has 0 N–H and O–H groups in total. The molecule has 0 spiro atoms. The molecule has 3 rings (SSSR count). The number of carbonyl (C=O) groups excluding carboxylic acids is 4. The number of Topliss-reactive ketones (excluding diaryl/α,β-unsaturated/α-hetero) is 1. The highest BCUT2D eigenvalue weighted by Gasteiger charge is 2.40. The molecule has 0 atom stereocenters. The van der Waals surface area contributed by atoms with Crippen LogP contribution in [0.3, 0.4) is 0 Å². The Morgan fingerprint density at radius 1 is 1.18 bits per heavy atom. The minimum Gasteiger partial charge on any atom is -0.465 e. The number of hydrogen-bond donors (Lipinski definition) is 0. The van der Waals surface area contributed by atoms with Gasteiger partial charge in [-0.3, -0.25) is 19.4 Å². The van der Waals surface area contributed by atoms with Crippen LogP contribution in [-0.2, 0) is 4.74 Å². The fraction of sp³-hybridized carbons (Fsp3) is 0.133. The molecule has 0 fully saturated rings. The average molecular weight is 299 g/mol. The van der Waals surface area contributed by atoms with Crippen LogP contribution in [0.4, 0.5) is 0 Å². The summed E-state index contributed by atoms with van der Waals surface area (Å²) < 4.78 is 9.81. The summed E-state index contributed by atoms with van der Waals surface area (Å²) in [7, 11) is 1.11. The summed E-state index contributed by atoms with van der Waals surface area (Å²) in [4.78, 5) is 52.4. The lowest BCUT2D eigenvalue weighted by Gasteiger charge is -2.12. The fourth-order valence-electron chi connectivity index (χ4n) is 2.38. The average Bonchev–Trinajstić information content (AvgIpc) is 2.93. The van der Waals surface area contributed by atoms with E-state index in [-0.39, 0.29) is 33.8 Å². The zero-order valence-electron chi connectivity index (χ0n) is 11.6. The number of ketones is 3. The molecule has 0 amide bonds. The number of nitrogens with zero attached hydrogens (tertiary/aromatic N) is 1. The lowest BCUT2D eigenvalue weighted by molar-refractivity contribution is 0.0592. The largest absolute Gasteiger partial charge is 0.465 e. The minimum atomic E-state index is -0.913. The molecule has 22 heavy (non-hydrogen) atoms. The van der Waals surface area contributed by atoms with E-state index in [2.05, 4.69) is 9.72 Å². The van der Waals surface area contributed by atoms with Gasteiger partial charge >= 0.3 is 5.97 Å². The van der Waals surface area contributed by atoms with E-state index in [1.807, 2.05) is 0 Å². The Morgan fingerprint density at radius 2 is 1.91 bits per heavy atom. The predicted molar refractivity (Wildman–Crippen MR) is 71.2 cm³/mol. The second-order valence-electron chi connectivity index (χ2n) is 4.64. The molecule has 1 aliphatic carbocycles. The summed E-state index contributed by atoms with van der Waals surface area (Å²) in [6.45, 7) is 1.17. The second-order valence-corrected chi connectivity index (χ2v) is 4.64. The highest BCUT2D eigenvalue weighted by atomic mass is 16.5. The topological polar surface area (TPSA) is 104 Å². The Morgan fingerprint density at radius 3 is 2.55 bits per heavy atom. The summed E-state index contributed by atoms with van der Waals surface area (Å²) in [5.41, 5.74) is -0.394. The van der Waals surface area contributed by atoms with Crippen molar-refractivity contribution in [3.05, 3.63) is 52.2 Å². The molecule has 0 saturated carbocycles. The van der Waals surface area contributed by atoms with Gasteiger partial charge in [0.15, 0.2) is 23.1 Å². The molecule has 0 unspecified atom stereocenters. The minimum absolute atomic E-state index is 0.0565. The third-order valence-electron chi connectivity index (χ3n) is 3.36. The van der Waals surface area contributed by atoms with E-state index >= 15 is 0 Å². The van der Waals surface area contributed by atoms with Crippen LogP contribution in [0.5, 0.6) is 0 Å². The van der Waals surface area contributed by atoms with Crippen LogP contribution >= 0.6 is 0 Å². The number of ether oxygens (including phenoxy) is 1. The van der Waals surface area contributed by atoms with Gasteiger partial charge in [-0.25, -0.2) is 4.79 Å². The molecule has 110 valence electrons. The maximum Gasteiger partial charge on any atom is 0.342 e. The number of rotatable bonds is 2. The second kappa shape index (κ2) is 4.73. The summed E-state index contributed by atoms with van der Waals surface area (Å²) >= 11 is 0. The number of fused-ring (bicyclic) bond motifs is 2.